The molecule has 1 unspecified atom stereocenters. The van der Waals surface area contributed by atoms with Crippen LogP contribution in [0.1, 0.15) is 31.7 Å². The third kappa shape index (κ3) is 2.54. The molecule has 3 nitrogen and oxygen atoms in total. The Morgan fingerprint density at radius 3 is 2.41 bits per heavy atom. The second-order valence-corrected chi connectivity index (χ2v) is 5.98. The Labute approximate surface area is 130 Å². The molecule has 1 aromatic rings. The first kappa shape index (κ1) is 14.5. The minimum Gasteiger partial charge on any atom is -0.269 e. The first-order chi connectivity index (χ1) is 10.6. The summed E-state index contributed by atoms with van der Waals surface area (Å²) < 4.78 is 0. The summed E-state index contributed by atoms with van der Waals surface area (Å²) in [4.78, 5) is 26.1. The molecule has 22 heavy (non-hydrogen) atoms. The van der Waals surface area contributed by atoms with Gasteiger partial charge in [0.1, 0.15) is 0 Å². The summed E-state index contributed by atoms with van der Waals surface area (Å²) in [6, 6.07) is 7.64. The third-order valence-electron chi connectivity index (χ3n) is 4.15. The largest absolute Gasteiger partial charge is 0.269 e. The smallest absolute Gasteiger partial charge is 0.262 e. The van der Waals surface area contributed by atoms with Crippen molar-refractivity contribution in [2.75, 3.05) is 4.90 Å². The third-order valence-corrected chi connectivity index (χ3v) is 4.15. The molecule has 2 amide bonds. The Kier molecular flexibility index (Phi) is 3.80. The molecular formula is C19H19NO2. The van der Waals surface area contributed by atoms with Gasteiger partial charge in [0.05, 0.1) is 5.69 Å². The van der Waals surface area contributed by atoms with Gasteiger partial charge in [-0.2, -0.15) is 0 Å². The Morgan fingerprint density at radius 1 is 1.09 bits per heavy atom. The molecule has 2 aliphatic rings. The Balaban J connectivity index is 1.84. The molecule has 1 aliphatic heterocycles. The molecule has 3 heteroatoms. The zero-order valence-corrected chi connectivity index (χ0v) is 12.8. The lowest BCUT2D eigenvalue weighted by Gasteiger charge is -2.18. The van der Waals surface area contributed by atoms with Gasteiger partial charge in [-0.3, -0.25) is 9.59 Å². The Bertz CT molecular complexity index is 693. The molecule has 0 saturated heterocycles. The Hall–Kier alpha value is -2.42. The van der Waals surface area contributed by atoms with E-state index in [1.807, 2.05) is 48.6 Å². The summed E-state index contributed by atoms with van der Waals surface area (Å²) in [7, 11) is 0. The summed E-state index contributed by atoms with van der Waals surface area (Å²) in [6.07, 6.45) is 10.1. The van der Waals surface area contributed by atoms with Crippen LogP contribution in [0.3, 0.4) is 0 Å². The minimum atomic E-state index is -0.250. The number of amides is 2. The Morgan fingerprint density at radius 2 is 1.82 bits per heavy atom. The number of allylic oxidation sites excluding steroid dienone is 4. The molecule has 1 aromatic carbocycles. The predicted octanol–water partition coefficient (Wildman–Crippen LogP) is 3.74. The number of carbonyl (C=O) groups excluding carboxylic acids is 2. The van der Waals surface area contributed by atoms with Gasteiger partial charge in [-0.1, -0.05) is 50.3 Å². The second-order valence-electron chi connectivity index (χ2n) is 5.98. The first-order valence-electron chi connectivity index (χ1n) is 7.61. The van der Waals surface area contributed by atoms with E-state index in [1.54, 1.807) is 0 Å². The van der Waals surface area contributed by atoms with E-state index in [1.165, 1.54) is 16.5 Å². The van der Waals surface area contributed by atoms with E-state index in [0.717, 1.165) is 6.42 Å². The van der Waals surface area contributed by atoms with Crippen molar-refractivity contribution >= 4 is 17.5 Å². The van der Waals surface area contributed by atoms with Gasteiger partial charge in [0.15, 0.2) is 0 Å². The zero-order valence-electron chi connectivity index (χ0n) is 12.8. The highest BCUT2D eigenvalue weighted by atomic mass is 16.2. The quantitative estimate of drug-likeness (QED) is 0.796. The van der Waals surface area contributed by atoms with Crippen LogP contribution in [0.4, 0.5) is 5.69 Å². The van der Waals surface area contributed by atoms with Gasteiger partial charge in [-0.25, -0.2) is 4.90 Å². The van der Waals surface area contributed by atoms with Crippen LogP contribution in [-0.2, 0) is 9.59 Å². The molecule has 0 saturated carbocycles. The van der Waals surface area contributed by atoms with E-state index in [0.29, 0.717) is 17.2 Å². The number of anilines is 1. The SMILES string of the molecule is CC(C)c1ccc(N2C(=O)C=C(C3C=CC=CC3)C2=O)cc1. The molecule has 3 rings (SSSR count). The maximum Gasteiger partial charge on any atom is 0.262 e. The highest BCUT2D eigenvalue weighted by molar-refractivity contribution is 6.30. The van der Waals surface area contributed by atoms with Gasteiger partial charge in [0.2, 0.25) is 0 Å². The highest BCUT2D eigenvalue weighted by Crippen LogP contribution is 2.30. The molecule has 0 radical (unpaired) electrons. The fraction of sp³-hybridized carbons (Fsp3) is 0.263. The van der Waals surface area contributed by atoms with E-state index >= 15 is 0 Å². The van der Waals surface area contributed by atoms with Gasteiger partial charge in [-0.05, 0) is 30.0 Å². The van der Waals surface area contributed by atoms with E-state index in [2.05, 4.69) is 13.8 Å². The number of nitrogens with zero attached hydrogens (tertiary/aromatic N) is 1. The average Bonchev–Trinajstić information content (AvgIpc) is 2.83. The van der Waals surface area contributed by atoms with E-state index in [9.17, 15) is 9.59 Å². The lowest BCUT2D eigenvalue weighted by Crippen LogP contribution is -2.31. The van der Waals surface area contributed by atoms with Crippen molar-refractivity contribution in [2.24, 2.45) is 5.92 Å². The molecule has 1 heterocycles. The molecule has 1 aliphatic carbocycles. The fourth-order valence-corrected chi connectivity index (χ4v) is 2.82. The van der Waals surface area contributed by atoms with Crippen molar-refractivity contribution in [1.82, 2.24) is 0 Å². The maximum absolute atomic E-state index is 12.6. The second kappa shape index (κ2) is 5.76. The molecule has 0 N–H and O–H groups in total. The van der Waals surface area contributed by atoms with Crippen LogP contribution in [-0.4, -0.2) is 11.8 Å². The van der Waals surface area contributed by atoms with Crippen LogP contribution in [0.25, 0.3) is 0 Å². The van der Waals surface area contributed by atoms with E-state index in [-0.39, 0.29) is 17.7 Å². The molecule has 112 valence electrons. The van der Waals surface area contributed by atoms with Crippen LogP contribution >= 0.6 is 0 Å². The first-order valence-corrected chi connectivity index (χ1v) is 7.61. The van der Waals surface area contributed by atoms with Crippen LogP contribution < -0.4 is 4.90 Å². The van der Waals surface area contributed by atoms with Gasteiger partial charge >= 0.3 is 0 Å². The lowest BCUT2D eigenvalue weighted by atomic mass is 9.92. The summed E-state index contributed by atoms with van der Waals surface area (Å²) in [5.74, 6) is -0.0271. The zero-order chi connectivity index (χ0) is 15.7. The standard InChI is InChI=1S/C19H19NO2/c1-13(2)14-8-10-16(11-9-14)20-18(21)12-17(19(20)22)15-6-4-3-5-7-15/h3-6,8-13,15H,7H2,1-2H3. The van der Waals surface area contributed by atoms with Crippen LogP contribution in [0.5, 0.6) is 0 Å². The average molecular weight is 293 g/mol. The fourth-order valence-electron chi connectivity index (χ4n) is 2.82. The summed E-state index contributed by atoms with van der Waals surface area (Å²) >= 11 is 0. The van der Waals surface area contributed by atoms with Crippen molar-refractivity contribution in [3.63, 3.8) is 0 Å². The van der Waals surface area contributed by atoms with Gasteiger partial charge in [-0.15, -0.1) is 0 Å². The normalized spacial score (nSPS) is 21.0. The summed E-state index contributed by atoms with van der Waals surface area (Å²) in [5, 5.41) is 0. The van der Waals surface area contributed by atoms with Crippen molar-refractivity contribution in [1.29, 1.82) is 0 Å². The van der Waals surface area contributed by atoms with Crippen LogP contribution in [0.15, 0.2) is 60.2 Å². The highest BCUT2D eigenvalue weighted by Gasteiger charge is 2.35. The van der Waals surface area contributed by atoms with Gasteiger partial charge in [0, 0.05) is 17.6 Å². The minimum absolute atomic E-state index is 0.00128. The number of rotatable bonds is 3. The molecule has 1 atom stereocenters. The summed E-state index contributed by atoms with van der Waals surface area (Å²) in [6.45, 7) is 4.23. The van der Waals surface area contributed by atoms with Gasteiger partial charge < -0.3 is 0 Å². The van der Waals surface area contributed by atoms with Gasteiger partial charge in [0.25, 0.3) is 11.8 Å². The molecule has 0 aromatic heterocycles. The number of imide groups is 1. The van der Waals surface area contributed by atoms with E-state index < -0.39 is 0 Å². The number of hydrogen-bond donors (Lipinski definition) is 0. The van der Waals surface area contributed by atoms with Crippen LogP contribution in [0.2, 0.25) is 0 Å². The molecule has 0 fully saturated rings. The molecular weight excluding hydrogens is 274 g/mol. The number of carbonyl (C=O) groups is 2. The maximum atomic E-state index is 12.6. The topological polar surface area (TPSA) is 37.4 Å². The van der Waals surface area contributed by atoms with Crippen LogP contribution in [0, 0.1) is 5.92 Å². The van der Waals surface area contributed by atoms with Crippen molar-refractivity contribution < 1.29 is 9.59 Å². The predicted molar refractivity (Wildman–Crippen MR) is 87.5 cm³/mol. The van der Waals surface area contributed by atoms with Crippen molar-refractivity contribution in [3.05, 3.63) is 65.8 Å². The lowest BCUT2D eigenvalue weighted by molar-refractivity contribution is -0.120. The number of hydrogen-bond acceptors (Lipinski definition) is 2. The monoisotopic (exact) mass is 293 g/mol. The summed E-state index contributed by atoms with van der Waals surface area (Å²) in [5.41, 5.74) is 2.41. The number of benzene rings is 1. The molecule has 0 spiro atoms. The van der Waals surface area contributed by atoms with E-state index in [4.69, 9.17) is 0 Å². The van der Waals surface area contributed by atoms with Crippen molar-refractivity contribution in [2.45, 2.75) is 26.2 Å². The van der Waals surface area contributed by atoms with Crippen molar-refractivity contribution in [3.8, 4) is 0 Å². The molecule has 0 bridgehead atoms.